The Balaban J connectivity index is 2.23. The predicted molar refractivity (Wildman–Crippen MR) is 73.8 cm³/mol. The molecule has 1 atom stereocenters. The highest BCUT2D eigenvalue weighted by Gasteiger charge is 2.31. The summed E-state index contributed by atoms with van der Waals surface area (Å²) >= 11 is 0. The zero-order valence-electron chi connectivity index (χ0n) is 13.0. The summed E-state index contributed by atoms with van der Waals surface area (Å²) in [5, 5.41) is 13.5. The molecule has 1 N–H and O–H groups in total. The number of carbonyl (C=O) groups excluding carboxylic acids is 1. The molecule has 2 aromatic heterocycles. The lowest BCUT2D eigenvalue weighted by Crippen LogP contribution is -2.22. The molecule has 23 heavy (non-hydrogen) atoms. The zero-order valence-corrected chi connectivity index (χ0v) is 13.0. The quantitative estimate of drug-likeness (QED) is 0.930. The van der Waals surface area contributed by atoms with Crippen LogP contribution in [0.4, 0.5) is 19.0 Å². The molecule has 0 aliphatic heterocycles. The van der Waals surface area contributed by atoms with Gasteiger partial charge in [-0.15, -0.1) is 0 Å². The Hall–Kier alpha value is -2.39. The third-order valence-electron chi connectivity index (χ3n) is 3.49. The van der Waals surface area contributed by atoms with E-state index >= 15 is 0 Å². The summed E-state index contributed by atoms with van der Waals surface area (Å²) in [6, 6.07) is 0. The first-order valence-electron chi connectivity index (χ1n) is 6.81. The Bertz CT molecular complexity index is 720. The Morgan fingerprint density at radius 1 is 1.26 bits per heavy atom. The second-order valence-electron chi connectivity index (χ2n) is 5.27. The number of hydrogen-bond acceptors (Lipinski definition) is 5. The van der Waals surface area contributed by atoms with E-state index in [1.165, 1.54) is 6.92 Å². The smallest absolute Gasteiger partial charge is 0.306 e. The van der Waals surface area contributed by atoms with Gasteiger partial charge in [0.25, 0.3) is 0 Å². The van der Waals surface area contributed by atoms with Gasteiger partial charge in [-0.05, 0) is 32.9 Å². The number of nitrogens with zero attached hydrogens (tertiary/aromatic N) is 4. The Labute approximate surface area is 129 Å². The molecule has 0 radical (unpaired) electrons. The highest BCUT2D eigenvalue weighted by atomic mass is 19.4. The van der Waals surface area contributed by atoms with E-state index in [2.05, 4.69) is 25.4 Å². The molecule has 0 aliphatic rings. The standard InChI is InChI=1S/C13H16F3N5O2/c1-6(12(22)17-11-8(3)19-23-20-11)10-7(2)18-21(9(10)4)5-13(14,15)16/h6H,5H2,1-4H3,(H,17,20,22). The number of alkyl halides is 3. The minimum absolute atomic E-state index is 0.180. The molecule has 1 unspecified atom stereocenters. The molecule has 0 fully saturated rings. The molecular weight excluding hydrogens is 315 g/mol. The van der Waals surface area contributed by atoms with Crippen molar-refractivity contribution < 1.29 is 22.6 Å². The van der Waals surface area contributed by atoms with Crippen LogP contribution in [0.25, 0.3) is 0 Å². The lowest BCUT2D eigenvalue weighted by Gasteiger charge is -2.13. The maximum atomic E-state index is 12.6. The molecule has 0 spiro atoms. The number of aryl methyl sites for hydroxylation is 2. The van der Waals surface area contributed by atoms with E-state index in [1.807, 2.05) is 0 Å². The van der Waals surface area contributed by atoms with Crippen molar-refractivity contribution >= 4 is 11.7 Å². The highest BCUT2D eigenvalue weighted by molar-refractivity contribution is 5.95. The van der Waals surface area contributed by atoms with Crippen LogP contribution in [0.2, 0.25) is 0 Å². The molecule has 0 aliphatic carbocycles. The van der Waals surface area contributed by atoms with Gasteiger partial charge in [0.05, 0.1) is 11.6 Å². The molecule has 2 rings (SSSR count). The van der Waals surface area contributed by atoms with Crippen LogP contribution in [0.5, 0.6) is 0 Å². The number of nitrogens with one attached hydrogen (secondary N) is 1. The van der Waals surface area contributed by atoms with Crippen LogP contribution in [-0.4, -0.2) is 32.2 Å². The average Bonchev–Trinajstić information content (AvgIpc) is 2.92. The van der Waals surface area contributed by atoms with E-state index < -0.39 is 24.5 Å². The monoisotopic (exact) mass is 331 g/mol. The third kappa shape index (κ3) is 3.69. The fraction of sp³-hybridized carbons (Fsp3) is 0.538. The minimum Gasteiger partial charge on any atom is -0.306 e. The van der Waals surface area contributed by atoms with E-state index in [4.69, 9.17) is 0 Å². The fourth-order valence-corrected chi connectivity index (χ4v) is 2.36. The first-order valence-corrected chi connectivity index (χ1v) is 6.81. The van der Waals surface area contributed by atoms with Crippen LogP contribution in [0.1, 0.15) is 35.5 Å². The Kier molecular flexibility index (Phi) is 4.44. The molecule has 2 aromatic rings. The van der Waals surface area contributed by atoms with Gasteiger partial charge in [-0.2, -0.15) is 18.3 Å². The molecule has 0 aromatic carbocycles. The maximum Gasteiger partial charge on any atom is 0.408 e. The summed E-state index contributed by atoms with van der Waals surface area (Å²) in [5.41, 5.74) is 1.55. The van der Waals surface area contributed by atoms with Gasteiger partial charge < -0.3 is 5.32 Å². The van der Waals surface area contributed by atoms with Crippen molar-refractivity contribution in [1.29, 1.82) is 0 Å². The van der Waals surface area contributed by atoms with Crippen molar-refractivity contribution in [2.24, 2.45) is 0 Å². The first-order chi connectivity index (χ1) is 10.6. The van der Waals surface area contributed by atoms with Crippen molar-refractivity contribution in [2.75, 3.05) is 5.32 Å². The van der Waals surface area contributed by atoms with Gasteiger partial charge in [-0.1, -0.05) is 5.16 Å². The minimum atomic E-state index is -4.38. The van der Waals surface area contributed by atoms with Crippen LogP contribution in [0.3, 0.4) is 0 Å². The SMILES string of the molecule is Cc1nonc1NC(=O)C(C)c1c(C)nn(CC(F)(F)F)c1C. The molecule has 7 nitrogen and oxygen atoms in total. The molecular formula is C13H16F3N5O2. The van der Waals surface area contributed by atoms with Gasteiger partial charge in [-0.3, -0.25) is 9.48 Å². The number of amides is 1. The van der Waals surface area contributed by atoms with Gasteiger partial charge in [0.2, 0.25) is 5.91 Å². The van der Waals surface area contributed by atoms with Crippen molar-refractivity contribution in [2.45, 2.75) is 46.3 Å². The summed E-state index contributed by atoms with van der Waals surface area (Å²) in [7, 11) is 0. The normalized spacial score (nSPS) is 13.2. The molecule has 126 valence electrons. The van der Waals surface area contributed by atoms with Crippen LogP contribution >= 0.6 is 0 Å². The average molecular weight is 331 g/mol. The van der Waals surface area contributed by atoms with Gasteiger partial charge in [-0.25, -0.2) is 4.63 Å². The number of rotatable bonds is 4. The molecule has 0 saturated carbocycles. The van der Waals surface area contributed by atoms with Crippen LogP contribution in [-0.2, 0) is 11.3 Å². The van der Waals surface area contributed by atoms with Crippen LogP contribution < -0.4 is 5.32 Å². The van der Waals surface area contributed by atoms with Crippen LogP contribution in [0, 0.1) is 20.8 Å². The van der Waals surface area contributed by atoms with Crippen molar-refractivity contribution in [1.82, 2.24) is 20.1 Å². The number of aromatic nitrogens is 4. The second-order valence-corrected chi connectivity index (χ2v) is 5.27. The lowest BCUT2D eigenvalue weighted by molar-refractivity contribution is -0.142. The fourth-order valence-electron chi connectivity index (χ4n) is 2.36. The van der Waals surface area contributed by atoms with Gasteiger partial charge in [0.1, 0.15) is 12.2 Å². The largest absolute Gasteiger partial charge is 0.408 e. The van der Waals surface area contributed by atoms with E-state index in [9.17, 15) is 18.0 Å². The second kappa shape index (κ2) is 6.01. The van der Waals surface area contributed by atoms with Crippen LogP contribution in [0.15, 0.2) is 4.63 Å². The number of anilines is 1. The summed E-state index contributed by atoms with van der Waals surface area (Å²) in [6.07, 6.45) is -4.38. The topological polar surface area (TPSA) is 85.8 Å². The molecule has 1 amide bonds. The lowest BCUT2D eigenvalue weighted by atomic mass is 9.98. The van der Waals surface area contributed by atoms with E-state index in [0.717, 1.165) is 4.68 Å². The molecule has 10 heteroatoms. The van der Waals surface area contributed by atoms with Crippen molar-refractivity contribution in [3.05, 3.63) is 22.6 Å². The van der Waals surface area contributed by atoms with E-state index in [-0.39, 0.29) is 5.82 Å². The summed E-state index contributed by atoms with van der Waals surface area (Å²) in [6.45, 7) is 5.08. The van der Waals surface area contributed by atoms with Crippen molar-refractivity contribution in [3.8, 4) is 0 Å². The molecule has 0 saturated heterocycles. The van der Waals surface area contributed by atoms with Gasteiger partial charge >= 0.3 is 6.18 Å². The molecule has 2 heterocycles. The highest BCUT2D eigenvalue weighted by Crippen LogP contribution is 2.27. The zero-order chi connectivity index (χ0) is 17.4. The van der Waals surface area contributed by atoms with Gasteiger partial charge in [0.15, 0.2) is 5.82 Å². The van der Waals surface area contributed by atoms with E-state index in [1.54, 1.807) is 20.8 Å². The Morgan fingerprint density at radius 2 is 1.91 bits per heavy atom. The predicted octanol–water partition coefficient (Wildman–Crippen LogP) is 2.50. The summed E-state index contributed by atoms with van der Waals surface area (Å²) < 4.78 is 43.0. The maximum absolute atomic E-state index is 12.6. The first kappa shape index (κ1) is 17.0. The summed E-state index contributed by atoms with van der Waals surface area (Å²) in [4.78, 5) is 12.3. The number of hydrogen-bond donors (Lipinski definition) is 1. The van der Waals surface area contributed by atoms with Gasteiger partial charge in [0, 0.05) is 11.3 Å². The number of halogens is 3. The number of carbonyl (C=O) groups is 1. The molecule has 0 bridgehead atoms. The van der Waals surface area contributed by atoms with E-state index in [0.29, 0.717) is 22.6 Å². The third-order valence-corrected chi connectivity index (χ3v) is 3.49. The Morgan fingerprint density at radius 3 is 2.43 bits per heavy atom. The van der Waals surface area contributed by atoms with Crippen molar-refractivity contribution in [3.63, 3.8) is 0 Å². The summed E-state index contributed by atoms with van der Waals surface area (Å²) in [5.74, 6) is -0.950.